The first-order valence-corrected chi connectivity index (χ1v) is 10.7. The van der Waals surface area contributed by atoms with Gasteiger partial charge >= 0.3 is 0 Å². The molecule has 0 saturated carbocycles. The van der Waals surface area contributed by atoms with Gasteiger partial charge in [0.25, 0.3) is 0 Å². The molecule has 0 aromatic heterocycles. The van der Waals surface area contributed by atoms with Crippen LogP contribution in [0.3, 0.4) is 0 Å². The highest BCUT2D eigenvalue weighted by Crippen LogP contribution is 2.34. The number of hydrogen-bond donors (Lipinski definition) is 1. The second-order valence-corrected chi connectivity index (χ2v) is 8.35. The van der Waals surface area contributed by atoms with E-state index in [0.717, 1.165) is 17.0 Å². The fourth-order valence-electron chi connectivity index (χ4n) is 4.56. The predicted molar refractivity (Wildman–Crippen MR) is 109 cm³/mol. The number of amides is 3. The molecule has 1 aliphatic carbocycles. The van der Waals surface area contributed by atoms with Crippen LogP contribution in [0.25, 0.3) is 0 Å². The highest BCUT2D eigenvalue weighted by molar-refractivity contribution is 6.07. The summed E-state index contributed by atoms with van der Waals surface area (Å²) in [6.07, 6.45) is 8.99. The minimum atomic E-state index is -0.296. The monoisotopic (exact) mass is 395 g/mol. The molecule has 1 aromatic carbocycles. The third-order valence-electron chi connectivity index (χ3n) is 6.27. The molecule has 3 amide bonds. The molecule has 0 bridgehead atoms. The SMILES string of the molecule is O=C(CN1C(=O)[C@@H]2CC=CC[C@H]2C1=O)NCc1ccc(CN2CCCCC2)cc1. The average Bonchev–Trinajstić information content (AvgIpc) is 2.99. The van der Waals surface area contributed by atoms with Crippen LogP contribution in [0.15, 0.2) is 36.4 Å². The fraction of sp³-hybridized carbons (Fsp3) is 0.522. The van der Waals surface area contributed by atoms with Crippen LogP contribution in [0.5, 0.6) is 0 Å². The molecule has 1 N–H and O–H groups in total. The van der Waals surface area contributed by atoms with E-state index in [1.54, 1.807) is 0 Å². The Morgan fingerprint density at radius 2 is 1.48 bits per heavy atom. The molecule has 2 aliphatic heterocycles. The summed E-state index contributed by atoms with van der Waals surface area (Å²) in [7, 11) is 0. The van der Waals surface area contributed by atoms with E-state index in [2.05, 4.69) is 22.3 Å². The van der Waals surface area contributed by atoms with Crippen LogP contribution in [0.4, 0.5) is 0 Å². The Balaban J connectivity index is 1.25. The van der Waals surface area contributed by atoms with Gasteiger partial charge in [-0.25, -0.2) is 0 Å². The predicted octanol–water partition coefficient (Wildman–Crippen LogP) is 2.24. The number of nitrogens with one attached hydrogen (secondary N) is 1. The van der Waals surface area contributed by atoms with Crippen LogP contribution >= 0.6 is 0 Å². The minimum Gasteiger partial charge on any atom is -0.350 e. The van der Waals surface area contributed by atoms with E-state index in [0.29, 0.717) is 19.4 Å². The van der Waals surface area contributed by atoms with Gasteiger partial charge in [-0.3, -0.25) is 24.2 Å². The van der Waals surface area contributed by atoms with Gasteiger partial charge in [0.05, 0.1) is 11.8 Å². The molecule has 154 valence electrons. The first-order valence-electron chi connectivity index (χ1n) is 10.7. The number of fused-ring (bicyclic) bond motifs is 1. The van der Waals surface area contributed by atoms with E-state index in [1.165, 1.54) is 37.9 Å². The summed E-state index contributed by atoms with van der Waals surface area (Å²) in [5.41, 5.74) is 2.30. The van der Waals surface area contributed by atoms with Crippen LogP contribution < -0.4 is 5.32 Å². The number of nitrogens with zero attached hydrogens (tertiary/aromatic N) is 2. The highest BCUT2D eigenvalue weighted by Gasteiger charge is 2.47. The quantitative estimate of drug-likeness (QED) is 0.592. The summed E-state index contributed by atoms with van der Waals surface area (Å²) >= 11 is 0. The van der Waals surface area contributed by atoms with Crippen molar-refractivity contribution in [1.82, 2.24) is 15.1 Å². The number of carbonyl (C=O) groups is 3. The Morgan fingerprint density at radius 3 is 2.10 bits per heavy atom. The summed E-state index contributed by atoms with van der Waals surface area (Å²) < 4.78 is 0. The lowest BCUT2D eigenvalue weighted by Gasteiger charge is -2.26. The van der Waals surface area contributed by atoms with Gasteiger partial charge in [0.1, 0.15) is 6.54 Å². The zero-order chi connectivity index (χ0) is 20.2. The van der Waals surface area contributed by atoms with Crippen molar-refractivity contribution in [3.05, 3.63) is 47.5 Å². The number of allylic oxidation sites excluding steroid dienone is 2. The second kappa shape index (κ2) is 8.91. The number of hydrogen-bond acceptors (Lipinski definition) is 4. The summed E-state index contributed by atoms with van der Waals surface area (Å²) in [6, 6.07) is 8.29. The van der Waals surface area contributed by atoms with Gasteiger partial charge in [0.2, 0.25) is 17.7 Å². The number of imide groups is 1. The summed E-state index contributed by atoms with van der Waals surface area (Å²) in [6.45, 7) is 3.53. The Kier molecular flexibility index (Phi) is 6.09. The van der Waals surface area contributed by atoms with Gasteiger partial charge < -0.3 is 5.32 Å². The largest absolute Gasteiger partial charge is 0.350 e. The lowest BCUT2D eigenvalue weighted by atomic mass is 9.85. The number of carbonyl (C=O) groups excluding carboxylic acids is 3. The molecule has 1 aromatic rings. The molecule has 2 atom stereocenters. The van der Waals surface area contributed by atoms with Gasteiger partial charge in [0, 0.05) is 13.1 Å². The molecule has 6 heteroatoms. The molecule has 2 heterocycles. The zero-order valence-corrected chi connectivity index (χ0v) is 16.8. The van der Waals surface area contributed by atoms with Crippen LogP contribution in [0, 0.1) is 11.8 Å². The number of piperidine rings is 1. The fourth-order valence-corrected chi connectivity index (χ4v) is 4.56. The van der Waals surface area contributed by atoms with Gasteiger partial charge in [-0.2, -0.15) is 0 Å². The van der Waals surface area contributed by atoms with E-state index >= 15 is 0 Å². The molecule has 3 aliphatic rings. The third-order valence-corrected chi connectivity index (χ3v) is 6.27. The van der Waals surface area contributed by atoms with Crippen molar-refractivity contribution in [2.24, 2.45) is 11.8 Å². The molecule has 0 unspecified atom stereocenters. The van der Waals surface area contributed by atoms with Crippen LogP contribution in [-0.2, 0) is 27.5 Å². The van der Waals surface area contributed by atoms with Crippen molar-refractivity contribution >= 4 is 17.7 Å². The van der Waals surface area contributed by atoms with Crippen molar-refractivity contribution in [2.75, 3.05) is 19.6 Å². The number of rotatable bonds is 6. The molecule has 0 spiro atoms. The molecule has 2 saturated heterocycles. The molecule has 0 radical (unpaired) electrons. The standard InChI is InChI=1S/C23H29N3O3/c27-21(16-26-22(28)19-6-2-3-7-20(19)23(26)29)24-14-17-8-10-18(11-9-17)15-25-12-4-1-5-13-25/h2-3,8-11,19-20H,1,4-7,12-16H2,(H,24,27)/t19-,20-/m1/s1. The van der Waals surface area contributed by atoms with E-state index in [9.17, 15) is 14.4 Å². The van der Waals surface area contributed by atoms with Crippen molar-refractivity contribution in [3.63, 3.8) is 0 Å². The zero-order valence-electron chi connectivity index (χ0n) is 16.8. The third kappa shape index (κ3) is 4.58. The van der Waals surface area contributed by atoms with E-state index in [-0.39, 0.29) is 36.1 Å². The normalized spacial score (nSPS) is 24.6. The van der Waals surface area contributed by atoms with Crippen molar-refractivity contribution in [1.29, 1.82) is 0 Å². The highest BCUT2D eigenvalue weighted by atomic mass is 16.2. The molecule has 2 fully saturated rings. The molecule has 6 nitrogen and oxygen atoms in total. The first kappa shape index (κ1) is 19.8. The minimum absolute atomic E-state index is 0.183. The van der Waals surface area contributed by atoms with Gasteiger partial charge in [-0.05, 0) is 49.9 Å². The summed E-state index contributed by atoms with van der Waals surface area (Å²) in [4.78, 5) is 40.8. The first-order chi connectivity index (χ1) is 14.1. The molecular weight excluding hydrogens is 366 g/mol. The second-order valence-electron chi connectivity index (χ2n) is 8.35. The van der Waals surface area contributed by atoms with Crippen molar-refractivity contribution in [3.8, 4) is 0 Å². The van der Waals surface area contributed by atoms with Gasteiger partial charge in [0.15, 0.2) is 0 Å². The molecular formula is C23H29N3O3. The van der Waals surface area contributed by atoms with Crippen molar-refractivity contribution < 1.29 is 14.4 Å². The van der Waals surface area contributed by atoms with E-state index < -0.39 is 0 Å². The van der Waals surface area contributed by atoms with Crippen LogP contribution in [-0.4, -0.2) is 47.2 Å². The maximum absolute atomic E-state index is 12.4. The summed E-state index contributed by atoms with van der Waals surface area (Å²) in [5.74, 6) is -1.28. The Labute approximate surface area is 171 Å². The number of likely N-dealkylation sites (tertiary alicyclic amines) is 2. The van der Waals surface area contributed by atoms with Crippen LogP contribution in [0.2, 0.25) is 0 Å². The summed E-state index contributed by atoms with van der Waals surface area (Å²) in [5, 5.41) is 2.84. The number of benzene rings is 1. The van der Waals surface area contributed by atoms with Gasteiger partial charge in [-0.15, -0.1) is 0 Å². The average molecular weight is 396 g/mol. The lowest BCUT2D eigenvalue weighted by molar-refractivity contribution is -0.143. The molecule has 4 rings (SSSR count). The maximum atomic E-state index is 12.4. The Hall–Kier alpha value is -2.47. The van der Waals surface area contributed by atoms with Gasteiger partial charge in [-0.1, -0.05) is 42.8 Å². The maximum Gasteiger partial charge on any atom is 0.240 e. The van der Waals surface area contributed by atoms with Crippen LogP contribution in [0.1, 0.15) is 43.2 Å². The molecule has 29 heavy (non-hydrogen) atoms. The smallest absolute Gasteiger partial charge is 0.240 e. The Bertz CT molecular complexity index is 770. The lowest BCUT2D eigenvalue weighted by Crippen LogP contribution is -2.40. The van der Waals surface area contributed by atoms with Crippen molar-refractivity contribution in [2.45, 2.75) is 45.2 Å². The van der Waals surface area contributed by atoms with E-state index in [1.807, 2.05) is 24.3 Å². The topological polar surface area (TPSA) is 69.7 Å². The Morgan fingerprint density at radius 1 is 0.897 bits per heavy atom. The van der Waals surface area contributed by atoms with E-state index in [4.69, 9.17) is 0 Å².